The van der Waals surface area contributed by atoms with E-state index in [1.165, 1.54) is 64.2 Å². The highest BCUT2D eigenvalue weighted by atomic mass is 16.5. The molecule has 38 heavy (non-hydrogen) atoms. The second kappa shape index (κ2) is 15.0. The minimum absolute atomic E-state index is 0.255. The molecule has 2 aliphatic carbocycles. The van der Waals surface area contributed by atoms with Crippen molar-refractivity contribution >= 4 is 5.78 Å². The summed E-state index contributed by atoms with van der Waals surface area (Å²) in [6, 6.07) is 12.1. The molecule has 2 aromatic rings. The molecule has 2 fully saturated rings. The predicted molar refractivity (Wildman–Crippen MR) is 152 cm³/mol. The first kappa shape index (κ1) is 28.3. The van der Waals surface area contributed by atoms with E-state index >= 15 is 0 Å². The van der Waals surface area contributed by atoms with Crippen LogP contribution in [0.2, 0.25) is 0 Å². The van der Waals surface area contributed by atoms with Crippen LogP contribution in [0.5, 0.6) is 23.0 Å². The Balaban J connectivity index is 1.26. The topological polar surface area (TPSA) is 54.0 Å². The van der Waals surface area contributed by atoms with Crippen LogP contribution in [0, 0.1) is 11.8 Å². The second-order valence-electron chi connectivity index (χ2n) is 11.2. The third kappa shape index (κ3) is 9.25. The molecule has 208 valence electrons. The summed E-state index contributed by atoms with van der Waals surface area (Å²) >= 11 is 0. The van der Waals surface area contributed by atoms with Crippen LogP contribution in [-0.2, 0) is 17.6 Å². The van der Waals surface area contributed by atoms with Gasteiger partial charge in [0.25, 0.3) is 0 Å². The highest BCUT2D eigenvalue weighted by molar-refractivity contribution is 5.79. The smallest absolute Gasteiger partial charge is 0.133 e. The van der Waals surface area contributed by atoms with Gasteiger partial charge >= 0.3 is 0 Å². The van der Waals surface area contributed by atoms with E-state index in [1.807, 2.05) is 24.3 Å². The standard InChI is InChI=1S/C33H46O5/c1-35-30-17-27(19-32(21-30)37-23-25-9-5-3-6-10-25)13-15-29(34)16-14-28-18-31(36-2)22-33(20-28)38-24-26-11-7-4-8-12-26/h17-22,25-26H,3-16,23-24H2,1-2H3. The number of carbonyl (C=O) groups is 1. The molecular formula is C33H46O5. The maximum atomic E-state index is 12.8. The fourth-order valence-corrected chi connectivity index (χ4v) is 5.78. The summed E-state index contributed by atoms with van der Waals surface area (Å²) in [7, 11) is 3.35. The fraction of sp³-hybridized carbons (Fsp3) is 0.606. The van der Waals surface area contributed by atoms with Crippen molar-refractivity contribution in [3.05, 3.63) is 47.5 Å². The molecule has 5 nitrogen and oxygen atoms in total. The molecule has 2 saturated carbocycles. The number of Topliss-reactive ketones (excluding diaryl/α,β-unsaturated/α-hetero) is 1. The van der Waals surface area contributed by atoms with Gasteiger partial charge in [0.2, 0.25) is 0 Å². The Morgan fingerprint density at radius 3 is 1.39 bits per heavy atom. The highest BCUT2D eigenvalue weighted by Gasteiger charge is 2.16. The van der Waals surface area contributed by atoms with E-state index in [0.717, 1.165) is 47.3 Å². The van der Waals surface area contributed by atoms with Crippen molar-refractivity contribution in [2.45, 2.75) is 89.9 Å². The molecule has 2 aromatic carbocycles. The van der Waals surface area contributed by atoms with E-state index in [-0.39, 0.29) is 5.78 Å². The molecule has 0 radical (unpaired) electrons. The van der Waals surface area contributed by atoms with Crippen LogP contribution in [0.4, 0.5) is 0 Å². The molecule has 2 aliphatic rings. The zero-order valence-corrected chi connectivity index (χ0v) is 23.5. The molecule has 0 bridgehead atoms. The second-order valence-corrected chi connectivity index (χ2v) is 11.2. The largest absolute Gasteiger partial charge is 0.497 e. The Labute approximate surface area is 229 Å². The first-order valence-electron chi connectivity index (χ1n) is 14.7. The molecule has 0 aromatic heterocycles. The lowest BCUT2D eigenvalue weighted by Gasteiger charge is -2.22. The summed E-state index contributed by atoms with van der Waals surface area (Å²) < 4.78 is 23.3. The number of rotatable bonds is 14. The van der Waals surface area contributed by atoms with Crippen molar-refractivity contribution in [3.63, 3.8) is 0 Å². The van der Waals surface area contributed by atoms with Gasteiger partial charge in [-0.05, 0) is 85.8 Å². The van der Waals surface area contributed by atoms with Crippen molar-refractivity contribution in [1.82, 2.24) is 0 Å². The van der Waals surface area contributed by atoms with Gasteiger partial charge in [-0.3, -0.25) is 4.79 Å². The van der Waals surface area contributed by atoms with Crippen LogP contribution in [0.3, 0.4) is 0 Å². The monoisotopic (exact) mass is 522 g/mol. The van der Waals surface area contributed by atoms with Crippen molar-refractivity contribution in [1.29, 1.82) is 0 Å². The van der Waals surface area contributed by atoms with Gasteiger partial charge in [-0.1, -0.05) is 38.5 Å². The van der Waals surface area contributed by atoms with Crippen LogP contribution < -0.4 is 18.9 Å². The van der Waals surface area contributed by atoms with E-state index in [2.05, 4.69) is 12.1 Å². The van der Waals surface area contributed by atoms with Crippen LogP contribution in [0.1, 0.15) is 88.2 Å². The first-order chi connectivity index (χ1) is 18.6. The summed E-state index contributed by atoms with van der Waals surface area (Å²) in [4.78, 5) is 12.8. The van der Waals surface area contributed by atoms with Crippen LogP contribution >= 0.6 is 0 Å². The quantitative estimate of drug-likeness (QED) is 0.254. The number of carbonyl (C=O) groups excluding carboxylic acids is 1. The van der Waals surface area contributed by atoms with Crippen LogP contribution in [-0.4, -0.2) is 33.2 Å². The molecular weight excluding hydrogens is 476 g/mol. The van der Waals surface area contributed by atoms with Crippen molar-refractivity contribution in [2.75, 3.05) is 27.4 Å². The lowest BCUT2D eigenvalue weighted by molar-refractivity contribution is -0.119. The van der Waals surface area contributed by atoms with Gasteiger partial charge in [0.1, 0.15) is 28.8 Å². The third-order valence-electron chi connectivity index (χ3n) is 8.16. The minimum atomic E-state index is 0.255. The summed E-state index contributed by atoms with van der Waals surface area (Å²) in [5.41, 5.74) is 2.16. The zero-order valence-electron chi connectivity index (χ0n) is 23.5. The Morgan fingerprint density at radius 2 is 1.00 bits per heavy atom. The molecule has 5 heteroatoms. The van der Waals surface area contributed by atoms with Gasteiger partial charge in [-0.2, -0.15) is 0 Å². The van der Waals surface area contributed by atoms with Gasteiger partial charge in [0, 0.05) is 25.0 Å². The number of ketones is 1. The summed E-state index contributed by atoms with van der Waals surface area (Å²) in [5.74, 6) is 4.80. The fourth-order valence-electron chi connectivity index (χ4n) is 5.78. The lowest BCUT2D eigenvalue weighted by Crippen LogP contribution is -2.15. The van der Waals surface area contributed by atoms with Gasteiger partial charge in [0.05, 0.1) is 27.4 Å². The van der Waals surface area contributed by atoms with Crippen molar-refractivity contribution in [3.8, 4) is 23.0 Å². The highest BCUT2D eigenvalue weighted by Crippen LogP contribution is 2.29. The Bertz CT molecular complexity index is 925. The number of hydrogen-bond acceptors (Lipinski definition) is 5. The Hall–Kier alpha value is -2.69. The normalized spacial score (nSPS) is 16.7. The molecule has 0 N–H and O–H groups in total. The van der Waals surface area contributed by atoms with E-state index in [0.29, 0.717) is 37.5 Å². The van der Waals surface area contributed by atoms with E-state index in [1.54, 1.807) is 14.2 Å². The van der Waals surface area contributed by atoms with Crippen molar-refractivity contribution < 1.29 is 23.7 Å². The molecule has 0 heterocycles. The van der Waals surface area contributed by atoms with Crippen molar-refractivity contribution in [2.24, 2.45) is 11.8 Å². The molecule has 0 unspecified atom stereocenters. The average molecular weight is 523 g/mol. The van der Waals surface area contributed by atoms with Crippen LogP contribution in [0.25, 0.3) is 0 Å². The predicted octanol–water partition coefficient (Wildman–Crippen LogP) is 7.76. The van der Waals surface area contributed by atoms with E-state index in [4.69, 9.17) is 18.9 Å². The maximum absolute atomic E-state index is 12.8. The number of ether oxygens (including phenoxy) is 4. The molecule has 0 aliphatic heterocycles. The van der Waals surface area contributed by atoms with Gasteiger partial charge in [-0.25, -0.2) is 0 Å². The summed E-state index contributed by atoms with van der Waals surface area (Å²) in [6.07, 6.45) is 15.3. The number of aryl methyl sites for hydroxylation is 2. The third-order valence-corrected chi connectivity index (χ3v) is 8.16. The SMILES string of the molecule is COc1cc(CCC(=O)CCc2cc(OC)cc(OCC3CCCCC3)c2)cc(OCC2CCCCC2)c1. The molecule has 4 rings (SSSR count). The Morgan fingerprint density at radius 1 is 0.605 bits per heavy atom. The van der Waals surface area contributed by atoms with Gasteiger partial charge in [0.15, 0.2) is 0 Å². The molecule has 0 amide bonds. The minimum Gasteiger partial charge on any atom is -0.497 e. The maximum Gasteiger partial charge on any atom is 0.133 e. The van der Waals surface area contributed by atoms with E-state index < -0.39 is 0 Å². The lowest BCUT2D eigenvalue weighted by atomic mass is 9.90. The molecule has 0 spiro atoms. The van der Waals surface area contributed by atoms with Gasteiger partial charge in [-0.15, -0.1) is 0 Å². The summed E-state index contributed by atoms with van der Waals surface area (Å²) in [6.45, 7) is 1.52. The Kier molecular flexibility index (Phi) is 11.2. The van der Waals surface area contributed by atoms with Gasteiger partial charge < -0.3 is 18.9 Å². The number of hydrogen-bond donors (Lipinski definition) is 0. The number of methoxy groups -OCH3 is 2. The van der Waals surface area contributed by atoms with Crippen LogP contribution in [0.15, 0.2) is 36.4 Å². The molecule has 0 atom stereocenters. The van der Waals surface area contributed by atoms with E-state index in [9.17, 15) is 4.79 Å². The zero-order chi connectivity index (χ0) is 26.6. The average Bonchev–Trinajstić information content (AvgIpc) is 2.97. The summed E-state index contributed by atoms with van der Waals surface area (Å²) in [5, 5.41) is 0. The number of benzene rings is 2. The first-order valence-corrected chi connectivity index (χ1v) is 14.7. The molecule has 0 saturated heterocycles.